The number of pyridine rings is 1. The number of ether oxygens (including phenoxy) is 1. The highest BCUT2D eigenvalue weighted by Gasteiger charge is 2.32. The molecule has 28 heavy (non-hydrogen) atoms. The molecule has 1 amide bonds. The number of aromatic nitrogens is 1. The van der Waals surface area contributed by atoms with Crippen LogP contribution < -0.4 is 5.32 Å². The summed E-state index contributed by atoms with van der Waals surface area (Å²) in [4.78, 5) is 29.1. The first-order valence-corrected chi connectivity index (χ1v) is 9.75. The van der Waals surface area contributed by atoms with Crippen molar-refractivity contribution in [2.75, 3.05) is 13.2 Å². The summed E-state index contributed by atoms with van der Waals surface area (Å²) in [7, 11) is 0. The first-order valence-electron chi connectivity index (χ1n) is 9.75. The molecule has 1 atom stereocenters. The van der Waals surface area contributed by atoms with E-state index in [-0.39, 0.29) is 36.1 Å². The number of halogens is 1. The number of carbonyl (C=O) groups is 2. The maximum atomic E-state index is 13.0. The Morgan fingerprint density at radius 3 is 2.50 bits per heavy atom. The van der Waals surface area contributed by atoms with Crippen molar-refractivity contribution in [2.24, 2.45) is 11.8 Å². The van der Waals surface area contributed by atoms with Gasteiger partial charge in [0.1, 0.15) is 5.82 Å². The van der Waals surface area contributed by atoms with Crippen molar-refractivity contribution >= 4 is 11.9 Å². The van der Waals surface area contributed by atoms with Crippen LogP contribution in [0.25, 0.3) is 11.3 Å². The van der Waals surface area contributed by atoms with Crippen LogP contribution in [-0.2, 0) is 9.53 Å². The van der Waals surface area contributed by atoms with Crippen LogP contribution in [0.4, 0.5) is 4.39 Å². The summed E-state index contributed by atoms with van der Waals surface area (Å²) in [5.74, 6) is -0.862. The molecule has 5 nitrogen and oxygen atoms in total. The van der Waals surface area contributed by atoms with Gasteiger partial charge in [0.05, 0.1) is 23.8 Å². The lowest BCUT2D eigenvalue weighted by atomic mass is 9.90. The summed E-state index contributed by atoms with van der Waals surface area (Å²) in [6.45, 7) is 2.39. The Balaban J connectivity index is 1.62. The fourth-order valence-corrected chi connectivity index (χ4v) is 3.68. The van der Waals surface area contributed by atoms with E-state index in [1.807, 2.05) is 0 Å². The highest BCUT2D eigenvalue weighted by molar-refractivity contribution is 5.94. The zero-order chi connectivity index (χ0) is 19.9. The summed E-state index contributed by atoms with van der Waals surface area (Å²) >= 11 is 0. The Morgan fingerprint density at radius 1 is 1.18 bits per heavy atom. The first kappa shape index (κ1) is 20.0. The monoisotopic (exact) mass is 384 g/mol. The quantitative estimate of drug-likeness (QED) is 0.733. The fourth-order valence-electron chi connectivity index (χ4n) is 3.68. The molecule has 3 rings (SSSR count). The van der Waals surface area contributed by atoms with Crippen molar-refractivity contribution in [2.45, 2.75) is 32.6 Å². The van der Waals surface area contributed by atoms with Crippen molar-refractivity contribution in [1.82, 2.24) is 10.3 Å². The van der Waals surface area contributed by atoms with Crippen molar-refractivity contribution in [3.8, 4) is 11.3 Å². The molecule has 148 valence electrons. The van der Waals surface area contributed by atoms with Crippen LogP contribution in [0, 0.1) is 17.7 Å². The second kappa shape index (κ2) is 9.44. The van der Waals surface area contributed by atoms with Crippen molar-refractivity contribution in [1.29, 1.82) is 0 Å². The van der Waals surface area contributed by atoms with Gasteiger partial charge in [-0.15, -0.1) is 0 Å². The third-order valence-electron chi connectivity index (χ3n) is 5.21. The SMILES string of the molecule is CCOC(=O)C(CNC(=O)c1ccc(-c2ccc(F)cc2)nc1)C1CCCC1. The van der Waals surface area contributed by atoms with E-state index in [9.17, 15) is 14.0 Å². The molecule has 1 aliphatic rings. The number of hydrogen-bond acceptors (Lipinski definition) is 4. The summed E-state index contributed by atoms with van der Waals surface area (Å²) in [6.07, 6.45) is 5.70. The van der Waals surface area contributed by atoms with Gasteiger partial charge in [0, 0.05) is 18.3 Å². The molecule has 0 aliphatic heterocycles. The molecule has 1 aromatic carbocycles. The van der Waals surface area contributed by atoms with Crippen LogP contribution in [0.2, 0.25) is 0 Å². The number of amides is 1. The van der Waals surface area contributed by atoms with Gasteiger partial charge in [-0.25, -0.2) is 4.39 Å². The number of esters is 1. The molecule has 0 radical (unpaired) electrons. The third-order valence-corrected chi connectivity index (χ3v) is 5.21. The van der Waals surface area contributed by atoms with Gasteiger partial charge in [-0.2, -0.15) is 0 Å². The van der Waals surface area contributed by atoms with E-state index in [4.69, 9.17) is 4.74 Å². The Kier molecular flexibility index (Phi) is 6.74. The van der Waals surface area contributed by atoms with Gasteiger partial charge in [0.15, 0.2) is 0 Å². The third kappa shape index (κ3) is 4.94. The number of nitrogens with one attached hydrogen (secondary N) is 1. The first-order chi connectivity index (χ1) is 13.6. The minimum Gasteiger partial charge on any atom is -0.466 e. The molecule has 6 heteroatoms. The van der Waals surface area contributed by atoms with Gasteiger partial charge in [0.25, 0.3) is 5.91 Å². The van der Waals surface area contributed by atoms with Gasteiger partial charge in [0.2, 0.25) is 0 Å². The smallest absolute Gasteiger partial charge is 0.310 e. The Bertz CT molecular complexity index is 800. The molecular weight excluding hydrogens is 359 g/mol. The summed E-state index contributed by atoms with van der Waals surface area (Å²) in [5.41, 5.74) is 1.85. The average Bonchev–Trinajstić information content (AvgIpc) is 3.23. The van der Waals surface area contributed by atoms with Gasteiger partial charge in [-0.1, -0.05) is 12.8 Å². The maximum Gasteiger partial charge on any atom is 0.310 e. The standard InChI is InChI=1S/C22H25FN2O3/c1-2-28-22(27)19(15-5-3-4-6-15)14-25-21(26)17-9-12-20(24-13-17)16-7-10-18(23)11-8-16/h7-13,15,19H,2-6,14H2,1H3,(H,25,26). The molecule has 1 fully saturated rings. The number of carbonyl (C=O) groups excluding carboxylic acids is 2. The van der Waals surface area contributed by atoms with E-state index in [0.29, 0.717) is 17.9 Å². The van der Waals surface area contributed by atoms with Crippen molar-refractivity contribution < 1.29 is 18.7 Å². The molecule has 1 N–H and O–H groups in total. The number of benzene rings is 1. The molecule has 0 bridgehead atoms. The van der Waals surface area contributed by atoms with Crippen molar-refractivity contribution in [3.63, 3.8) is 0 Å². The molecule has 1 aliphatic carbocycles. The van der Waals surface area contributed by atoms with E-state index in [2.05, 4.69) is 10.3 Å². The molecule has 1 unspecified atom stereocenters. The van der Waals surface area contributed by atoms with Crippen LogP contribution in [0.1, 0.15) is 43.0 Å². The summed E-state index contributed by atoms with van der Waals surface area (Å²) in [5, 5.41) is 2.85. The zero-order valence-corrected chi connectivity index (χ0v) is 16.0. The van der Waals surface area contributed by atoms with E-state index in [0.717, 1.165) is 31.2 Å². The van der Waals surface area contributed by atoms with E-state index in [1.54, 1.807) is 31.2 Å². The summed E-state index contributed by atoms with van der Waals surface area (Å²) < 4.78 is 18.2. The lowest BCUT2D eigenvalue weighted by Crippen LogP contribution is -2.37. The lowest BCUT2D eigenvalue weighted by molar-refractivity contribution is -0.149. The highest BCUT2D eigenvalue weighted by atomic mass is 19.1. The molecule has 1 heterocycles. The van der Waals surface area contributed by atoms with Gasteiger partial charge in [-0.05, 0) is 62.1 Å². The average molecular weight is 384 g/mol. The van der Waals surface area contributed by atoms with Gasteiger partial charge in [-0.3, -0.25) is 14.6 Å². The number of rotatable bonds is 7. The van der Waals surface area contributed by atoms with E-state index in [1.165, 1.54) is 18.3 Å². The topological polar surface area (TPSA) is 68.3 Å². The minimum atomic E-state index is -0.308. The van der Waals surface area contributed by atoms with Crippen LogP contribution in [0.5, 0.6) is 0 Å². The van der Waals surface area contributed by atoms with Crippen LogP contribution in [0.3, 0.4) is 0 Å². The van der Waals surface area contributed by atoms with E-state index >= 15 is 0 Å². The van der Waals surface area contributed by atoms with Gasteiger partial charge < -0.3 is 10.1 Å². The fraction of sp³-hybridized carbons (Fsp3) is 0.409. The predicted molar refractivity (Wildman–Crippen MR) is 104 cm³/mol. The predicted octanol–water partition coefficient (Wildman–Crippen LogP) is 3.99. The molecule has 2 aromatic rings. The zero-order valence-electron chi connectivity index (χ0n) is 16.0. The highest BCUT2D eigenvalue weighted by Crippen LogP contribution is 2.32. The van der Waals surface area contributed by atoms with Crippen LogP contribution in [0.15, 0.2) is 42.6 Å². The Labute approximate surface area is 164 Å². The number of hydrogen-bond donors (Lipinski definition) is 1. The van der Waals surface area contributed by atoms with Crippen LogP contribution in [-0.4, -0.2) is 30.0 Å². The van der Waals surface area contributed by atoms with E-state index < -0.39 is 0 Å². The molecule has 0 spiro atoms. The largest absolute Gasteiger partial charge is 0.466 e. The molecular formula is C22H25FN2O3. The second-order valence-electron chi connectivity index (χ2n) is 7.05. The van der Waals surface area contributed by atoms with Crippen LogP contribution >= 0.6 is 0 Å². The molecule has 1 saturated carbocycles. The van der Waals surface area contributed by atoms with Crippen molar-refractivity contribution in [3.05, 3.63) is 54.0 Å². The second-order valence-corrected chi connectivity index (χ2v) is 7.05. The number of nitrogens with zero attached hydrogens (tertiary/aromatic N) is 1. The minimum absolute atomic E-state index is 0.237. The molecule has 1 aromatic heterocycles. The Morgan fingerprint density at radius 2 is 1.89 bits per heavy atom. The lowest BCUT2D eigenvalue weighted by Gasteiger charge is -2.22. The van der Waals surface area contributed by atoms with Gasteiger partial charge >= 0.3 is 5.97 Å². The maximum absolute atomic E-state index is 13.0. The Hall–Kier alpha value is -2.76. The normalized spacial score (nSPS) is 15.2. The summed E-state index contributed by atoms with van der Waals surface area (Å²) in [6, 6.07) is 9.43. The molecule has 0 saturated heterocycles.